The topological polar surface area (TPSA) is 73.3 Å². The minimum atomic E-state index is -0.423. The first-order valence-electron chi connectivity index (χ1n) is 7.04. The Hall–Kier alpha value is -3.28. The maximum atomic E-state index is 11.1. The number of aliphatic imine (C=N–C) groups is 1. The Morgan fingerprint density at radius 2 is 1.96 bits per heavy atom. The predicted octanol–water partition coefficient (Wildman–Crippen LogP) is 3.88. The molecular formula is C17H14N4O2. The number of nitro benzene ring substituents is 1. The lowest BCUT2D eigenvalue weighted by Crippen LogP contribution is -1.96. The predicted molar refractivity (Wildman–Crippen MR) is 90.3 cm³/mol. The second-order valence-electron chi connectivity index (χ2n) is 4.87. The first-order chi connectivity index (χ1) is 11.2. The van der Waals surface area contributed by atoms with Gasteiger partial charge in [-0.15, -0.1) is 6.58 Å². The number of para-hydroxylation sites is 3. The number of hydrogen-bond donors (Lipinski definition) is 0. The van der Waals surface area contributed by atoms with Crippen LogP contribution in [0.2, 0.25) is 0 Å². The number of allylic oxidation sites excluding steroid dienone is 1. The minimum absolute atomic E-state index is 0.0163. The van der Waals surface area contributed by atoms with E-state index in [1.807, 2.05) is 28.8 Å². The van der Waals surface area contributed by atoms with E-state index in [9.17, 15) is 10.1 Å². The van der Waals surface area contributed by atoms with E-state index in [1.165, 1.54) is 12.3 Å². The lowest BCUT2D eigenvalue weighted by Gasteiger charge is -2.02. The van der Waals surface area contributed by atoms with Gasteiger partial charge in [-0.25, -0.2) is 9.98 Å². The lowest BCUT2D eigenvalue weighted by atomic mass is 10.2. The maximum absolute atomic E-state index is 11.1. The quantitative estimate of drug-likeness (QED) is 0.311. The van der Waals surface area contributed by atoms with Gasteiger partial charge in [0.2, 0.25) is 5.95 Å². The molecule has 2 aromatic carbocycles. The minimum Gasteiger partial charge on any atom is -0.305 e. The molecule has 0 saturated heterocycles. The zero-order chi connectivity index (χ0) is 16.2. The zero-order valence-corrected chi connectivity index (χ0v) is 12.3. The molecule has 6 nitrogen and oxygen atoms in total. The molecule has 0 bridgehead atoms. The van der Waals surface area contributed by atoms with E-state index in [0.29, 0.717) is 18.1 Å². The number of rotatable bonds is 5. The van der Waals surface area contributed by atoms with Crippen LogP contribution in [-0.2, 0) is 6.54 Å². The van der Waals surface area contributed by atoms with E-state index in [-0.39, 0.29) is 5.69 Å². The van der Waals surface area contributed by atoms with Crippen molar-refractivity contribution < 1.29 is 4.92 Å². The third kappa shape index (κ3) is 2.87. The summed E-state index contributed by atoms with van der Waals surface area (Å²) in [6, 6.07) is 14.2. The summed E-state index contributed by atoms with van der Waals surface area (Å²) in [7, 11) is 0. The summed E-state index contributed by atoms with van der Waals surface area (Å²) in [5, 5.41) is 11.1. The van der Waals surface area contributed by atoms with E-state index in [2.05, 4.69) is 16.6 Å². The van der Waals surface area contributed by atoms with Crippen molar-refractivity contribution in [1.29, 1.82) is 0 Å². The Kier molecular flexibility index (Phi) is 3.97. The van der Waals surface area contributed by atoms with Crippen molar-refractivity contribution >= 4 is 28.9 Å². The molecule has 1 aromatic heterocycles. The zero-order valence-electron chi connectivity index (χ0n) is 12.3. The van der Waals surface area contributed by atoms with Crippen LogP contribution in [0.1, 0.15) is 5.56 Å². The number of imidazole rings is 1. The number of nitro groups is 1. The molecule has 0 aliphatic rings. The Morgan fingerprint density at radius 1 is 1.22 bits per heavy atom. The van der Waals surface area contributed by atoms with Crippen LogP contribution in [0.25, 0.3) is 11.0 Å². The van der Waals surface area contributed by atoms with Crippen LogP contribution in [0.3, 0.4) is 0 Å². The highest BCUT2D eigenvalue weighted by atomic mass is 16.6. The molecule has 6 heteroatoms. The first kappa shape index (κ1) is 14.6. The Labute approximate surface area is 132 Å². The standard InChI is InChI=1S/C17H14N4O2/c1-2-11-20-16-10-6-4-8-14(16)19-17(20)18-12-13-7-3-5-9-15(13)21(22)23/h2-10,12H,1,11H2. The van der Waals surface area contributed by atoms with Crippen LogP contribution in [0, 0.1) is 10.1 Å². The van der Waals surface area contributed by atoms with Gasteiger partial charge in [0, 0.05) is 18.8 Å². The van der Waals surface area contributed by atoms with E-state index < -0.39 is 4.92 Å². The number of fused-ring (bicyclic) bond motifs is 1. The lowest BCUT2D eigenvalue weighted by molar-refractivity contribution is -0.385. The normalized spacial score (nSPS) is 11.1. The van der Waals surface area contributed by atoms with Gasteiger partial charge in [0.1, 0.15) is 0 Å². The average Bonchev–Trinajstić information content (AvgIpc) is 2.91. The van der Waals surface area contributed by atoms with Gasteiger partial charge in [0.05, 0.1) is 21.5 Å². The van der Waals surface area contributed by atoms with Crippen molar-refractivity contribution in [2.45, 2.75) is 6.54 Å². The molecule has 0 fully saturated rings. The third-order valence-electron chi connectivity index (χ3n) is 3.40. The summed E-state index contributed by atoms with van der Waals surface area (Å²) < 4.78 is 1.91. The molecule has 1 heterocycles. The molecule has 0 atom stereocenters. The second kappa shape index (κ2) is 6.23. The molecule has 0 radical (unpaired) electrons. The highest BCUT2D eigenvalue weighted by Crippen LogP contribution is 2.22. The molecule has 0 aliphatic carbocycles. The van der Waals surface area contributed by atoms with Crippen LogP contribution < -0.4 is 0 Å². The molecule has 114 valence electrons. The Morgan fingerprint density at radius 3 is 2.74 bits per heavy atom. The van der Waals surface area contributed by atoms with E-state index >= 15 is 0 Å². The van der Waals surface area contributed by atoms with Gasteiger partial charge >= 0.3 is 0 Å². The van der Waals surface area contributed by atoms with Gasteiger partial charge in [-0.2, -0.15) is 0 Å². The van der Waals surface area contributed by atoms with E-state index in [0.717, 1.165) is 11.0 Å². The number of hydrogen-bond acceptors (Lipinski definition) is 4. The summed E-state index contributed by atoms with van der Waals surface area (Å²) in [4.78, 5) is 19.4. The first-order valence-corrected chi connectivity index (χ1v) is 7.04. The number of nitrogens with zero attached hydrogens (tertiary/aromatic N) is 4. The van der Waals surface area contributed by atoms with Crippen LogP contribution >= 0.6 is 0 Å². The molecule has 23 heavy (non-hydrogen) atoms. The van der Waals surface area contributed by atoms with Gasteiger partial charge in [0.25, 0.3) is 5.69 Å². The fraction of sp³-hybridized carbons (Fsp3) is 0.0588. The van der Waals surface area contributed by atoms with Gasteiger partial charge < -0.3 is 4.57 Å². The molecule has 0 saturated carbocycles. The maximum Gasteiger partial charge on any atom is 0.278 e. The smallest absolute Gasteiger partial charge is 0.278 e. The highest BCUT2D eigenvalue weighted by molar-refractivity contribution is 5.87. The van der Waals surface area contributed by atoms with Gasteiger partial charge in [-0.1, -0.05) is 30.3 Å². The van der Waals surface area contributed by atoms with Crippen molar-refractivity contribution in [3.63, 3.8) is 0 Å². The second-order valence-corrected chi connectivity index (χ2v) is 4.87. The van der Waals surface area contributed by atoms with Crippen LogP contribution in [-0.4, -0.2) is 20.7 Å². The summed E-state index contributed by atoms with van der Waals surface area (Å²) in [6.45, 7) is 4.31. The molecule has 0 unspecified atom stereocenters. The number of benzene rings is 2. The fourth-order valence-electron chi connectivity index (χ4n) is 2.36. The SMILES string of the molecule is C=CCn1c(N=Cc2ccccc2[N+](=O)[O-])nc2ccccc21. The van der Waals surface area contributed by atoms with E-state index in [4.69, 9.17) is 0 Å². The molecule has 0 amide bonds. The summed E-state index contributed by atoms with van der Waals surface area (Å²) >= 11 is 0. The monoisotopic (exact) mass is 306 g/mol. The third-order valence-corrected chi connectivity index (χ3v) is 3.40. The van der Waals surface area contributed by atoms with Gasteiger partial charge in [-0.3, -0.25) is 10.1 Å². The van der Waals surface area contributed by atoms with Crippen molar-refractivity contribution in [2.75, 3.05) is 0 Å². The van der Waals surface area contributed by atoms with Gasteiger partial charge in [0.15, 0.2) is 0 Å². The van der Waals surface area contributed by atoms with Gasteiger partial charge in [-0.05, 0) is 18.2 Å². The Balaban J connectivity index is 2.06. The van der Waals surface area contributed by atoms with Crippen molar-refractivity contribution in [2.24, 2.45) is 4.99 Å². The number of aromatic nitrogens is 2. The molecule has 0 spiro atoms. The Bertz CT molecular complexity index is 912. The average molecular weight is 306 g/mol. The van der Waals surface area contributed by atoms with Crippen LogP contribution in [0.5, 0.6) is 0 Å². The van der Waals surface area contributed by atoms with Crippen LogP contribution in [0.4, 0.5) is 11.6 Å². The van der Waals surface area contributed by atoms with Crippen molar-refractivity contribution in [3.05, 3.63) is 76.9 Å². The molecule has 0 N–H and O–H groups in total. The largest absolute Gasteiger partial charge is 0.305 e. The summed E-state index contributed by atoms with van der Waals surface area (Å²) in [5.74, 6) is 0.490. The molecular weight excluding hydrogens is 292 g/mol. The summed E-state index contributed by atoms with van der Waals surface area (Å²) in [6.07, 6.45) is 3.23. The van der Waals surface area contributed by atoms with Crippen LogP contribution in [0.15, 0.2) is 66.2 Å². The highest BCUT2D eigenvalue weighted by Gasteiger charge is 2.11. The van der Waals surface area contributed by atoms with Crippen molar-refractivity contribution in [3.8, 4) is 0 Å². The molecule has 0 aliphatic heterocycles. The van der Waals surface area contributed by atoms with Crippen molar-refractivity contribution in [1.82, 2.24) is 9.55 Å². The molecule has 3 rings (SSSR count). The van der Waals surface area contributed by atoms with E-state index in [1.54, 1.807) is 24.3 Å². The summed E-state index contributed by atoms with van der Waals surface area (Å²) in [5.41, 5.74) is 2.23. The molecule has 3 aromatic rings. The fourth-order valence-corrected chi connectivity index (χ4v) is 2.36.